The number of carbonyl (C=O) groups excluding carboxylic acids is 5. The minimum atomic E-state index is -1.21. The number of urea groups is 1. The average molecular weight is 436 g/mol. The van der Waals surface area contributed by atoms with E-state index in [1.807, 2.05) is 0 Å². The molecule has 2 N–H and O–H groups in total. The fraction of sp³-hybridized carbons (Fsp3) is 0.227. The molecule has 164 valence electrons. The number of benzene rings is 2. The van der Waals surface area contributed by atoms with Crippen LogP contribution in [0.1, 0.15) is 18.4 Å². The summed E-state index contributed by atoms with van der Waals surface area (Å²) in [6.45, 7) is -0.237. The van der Waals surface area contributed by atoms with E-state index in [4.69, 9.17) is 4.84 Å². The second kappa shape index (κ2) is 8.88. The molecular formula is C22H20N4O6. The van der Waals surface area contributed by atoms with Gasteiger partial charge in [0.2, 0.25) is 5.91 Å². The van der Waals surface area contributed by atoms with Crippen molar-refractivity contribution < 1.29 is 28.8 Å². The summed E-state index contributed by atoms with van der Waals surface area (Å²) in [4.78, 5) is 67.9. The molecule has 1 fully saturated rings. The van der Waals surface area contributed by atoms with Gasteiger partial charge in [-0.3, -0.25) is 19.3 Å². The predicted molar refractivity (Wildman–Crippen MR) is 112 cm³/mol. The molecule has 0 aliphatic carbocycles. The molecule has 0 saturated carbocycles. The highest BCUT2D eigenvalue weighted by Crippen LogP contribution is 2.29. The lowest BCUT2D eigenvalue weighted by atomic mass is 10.1. The summed E-state index contributed by atoms with van der Waals surface area (Å²) in [5.41, 5.74) is 1.67. The highest BCUT2D eigenvalue weighted by molar-refractivity contribution is 6.10. The van der Waals surface area contributed by atoms with Crippen molar-refractivity contribution >= 4 is 41.1 Å². The first-order valence-corrected chi connectivity index (χ1v) is 10.0. The number of imide groups is 1. The average Bonchev–Trinajstić information content (AvgIpc) is 3.10. The van der Waals surface area contributed by atoms with Crippen LogP contribution in [0.15, 0.2) is 54.6 Å². The summed E-state index contributed by atoms with van der Waals surface area (Å²) in [6, 6.07) is 13.8. The van der Waals surface area contributed by atoms with Gasteiger partial charge in [-0.05, 0) is 17.7 Å². The molecule has 0 radical (unpaired) electrons. The van der Waals surface area contributed by atoms with Crippen LogP contribution in [0.2, 0.25) is 0 Å². The fourth-order valence-corrected chi connectivity index (χ4v) is 3.50. The van der Waals surface area contributed by atoms with Gasteiger partial charge >= 0.3 is 12.0 Å². The molecule has 0 spiro atoms. The van der Waals surface area contributed by atoms with Crippen molar-refractivity contribution in [2.24, 2.45) is 0 Å². The lowest BCUT2D eigenvalue weighted by Crippen LogP contribution is -2.53. The second-order valence-corrected chi connectivity index (χ2v) is 7.34. The van der Waals surface area contributed by atoms with Crippen molar-refractivity contribution in [3.63, 3.8) is 0 Å². The van der Waals surface area contributed by atoms with Crippen LogP contribution in [0.3, 0.4) is 0 Å². The van der Waals surface area contributed by atoms with E-state index in [2.05, 4.69) is 10.6 Å². The molecule has 2 heterocycles. The first kappa shape index (κ1) is 21.0. The zero-order valence-corrected chi connectivity index (χ0v) is 16.9. The van der Waals surface area contributed by atoms with Gasteiger partial charge in [-0.15, -0.1) is 5.06 Å². The largest absolute Gasteiger partial charge is 0.355 e. The minimum absolute atomic E-state index is 0.0402. The number of rotatable bonds is 5. The third kappa shape index (κ3) is 4.43. The van der Waals surface area contributed by atoms with Crippen LogP contribution in [-0.2, 0) is 30.4 Å². The highest BCUT2D eigenvalue weighted by atomic mass is 16.7. The number of hydrogen-bond acceptors (Lipinski definition) is 6. The molecule has 1 unspecified atom stereocenters. The van der Waals surface area contributed by atoms with E-state index in [0.29, 0.717) is 16.4 Å². The molecule has 0 bridgehead atoms. The van der Waals surface area contributed by atoms with Crippen molar-refractivity contribution in [3.8, 4) is 0 Å². The van der Waals surface area contributed by atoms with Crippen LogP contribution in [-0.4, -0.2) is 47.4 Å². The highest BCUT2D eigenvalue weighted by Gasteiger charge is 2.36. The Morgan fingerprint density at radius 2 is 1.62 bits per heavy atom. The molecule has 10 heteroatoms. The third-order valence-corrected chi connectivity index (χ3v) is 5.07. The summed E-state index contributed by atoms with van der Waals surface area (Å²) in [7, 11) is 0. The smallest absolute Gasteiger partial charge is 0.328 e. The third-order valence-electron chi connectivity index (χ3n) is 5.07. The topological polar surface area (TPSA) is 125 Å². The van der Waals surface area contributed by atoms with Gasteiger partial charge in [0, 0.05) is 19.3 Å². The van der Waals surface area contributed by atoms with Crippen molar-refractivity contribution in [2.45, 2.75) is 25.3 Å². The van der Waals surface area contributed by atoms with E-state index in [-0.39, 0.29) is 31.7 Å². The number of nitrogens with one attached hydrogen (secondary N) is 2. The van der Waals surface area contributed by atoms with Gasteiger partial charge < -0.3 is 15.5 Å². The van der Waals surface area contributed by atoms with Crippen LogP contribution in [0, 0.1) is 0 Å². The first-order chi connectivity index (χ1) is 15.4. The van der Waals surface area contributed by atoms with E-state index in [1.54, 1.807) is 54.6 Å². The fourth-order valence-electron chi connectivity index (χ4n) is 3.50. The standard InChI is InChI=1S/C22H20N4O6/c27-18-13-25(17-9-5-4-8-15(17)23-18)22(31)24-16(12-14-6-2-1-3-7-14)21(30)32-26-19(28)10-11-20(26)29/h1-9,16H,10-13H2,(H,23,27)(H,24,31). The Morgan fingerprint density at radius 3 is 2.34 bits per heavy atom. The molecule has 10 nitrogen and oxygen atoms in total. The molecule has 2 aromatic carbocycles. The Balaban J connectivity index is 1.55. The minimum Gasteiger partial charge on any atom is -0.328 e. The molecule has 32 heavy (non-hydrogen) atoms. The van der Waals surface area contributed by atoms with Crippen molar-refractivity contribution in [2.75, 3.05) is 16.8 Å². The van der Waals surface area contributed by atoms with E-state index in [9.17, 15) is 24.0 Å². The van der Waals surface area contributed by atoms with Gasteiger partial charge in [0.15, 0.2) is 0 Å². The number of fused-ring (bicyclic) bond motifs is 1. The Morgan fingerprint density at radius 1 is 0.969 bits per heavy atom. The number of anilines is 2. The summed E-state index contributed by atoms with van der Waals surface area (Å²) < 4.78 is 0. The van der Waals surface area contributed by atoms with Gasteiger partial charge in [0.1, 0.15) is 12.6 Å². The molecule has 2 aliphatic heterocycles. The Kier molecular flexibility index (Phi) is 5.84. The number of hydroxylamine groups is 2. The summed E-state index contributed by atoms with van der Waals surface area (Å²) >= 11 is 0. The number of amides is 5. The van der Waals surface area contributed by atoms with Gasteiger partial charge in [0.05, 0.1) is 11.4 Å². The van der Waals surface area contributed by atoms with Crippen LogP contribution in [0.4, 0.5) is 16.2 Å². The molecular weight excluding hydrogens is 416 g/mol. The van der Waals surface area contributed by atoms with Crippen LogP contribution >= 0.6 is 0 Å². The van der Waals surface area contributed by atoms with Crippen molar-refractivity contribution in [1.82, 2.24) is 10.4 Å². The second-order valence-electron chi connectivity index (χ2n) is 7.34. The number of para-hydroxylation sites is 2. The molecule has 4 rings (SSSR count). The number of carbonyl (C=O) groups is 5. The quantitative estimate of drug-likeness (QED) is 0.682. The van der Waals surface area contributed by atoms with Crippen molar-refractivity contribution in [1.29, 1.82) is 0 Å². The zero-order valence-electron chi connectivity index (χ0n) is 16.9. The van der Waals surface area contributed by atoms with E-state index >= 15 is 0 Å². The van der Waals surface area contributed by atoms with Gasteiger partial charge in [-0.1, -0.05) is 42.5 Å². The van der Waals surface area contributed by atoms with Crippen LogP contribution in [0.25, 0.3) is 0 Å². The normalized spacial score (nSPS) is 16.3. The Hall–Kier alpha value is -4.21. The van der Waals surface area contributed by atoms with E-state index in [0.717, 1.165) is 5.56 Å². The lowest BCUT2D eigenvalue weighted by Gasteiger charge is -2.30. The SMILES string of the molecule is O=C1CN(C(=O)NC(Cc2ccccc2)C(=O)ON2C(=O)CCC2=O)c2ccccc2N1. The summed E-state index contributed by atoms with van der Waals surface area (Å²) in [5.74, 6) is -2.57. The molecule has 1 saturated heterocycles. The zero-order chi connectivity index (χ0) is 22.7. The lowest BCUT2D eigenvalue weighted by molar-refractivity contribution is -0.198. The van der Waals surface area contributed by atoms with Gasteiger partial charge in [-0.25, -0.2) is 9.59 Å². The predicted octanol–water partition coefficient (Wildman–Crippen LogP) is 1.37. The maximum absolute atomic E-state index is 13.1. The molecule has 5 amide bonds. The first-order valence-electron chi connectivity index (χ1n) is 10.0. The van der Waals surface area contributed by atoms with Crippen LogP contribution in [0.5, 0.6) is 0 Å². The summed E-state index contributed by atoms with van der Waals surface area (Å²) in [5, 5.41) is 5.71. The van der Waals surface area contributed by atoms with Crippen molar-refractivity contribution in [3.05, 3.63) is 60.2 Å². The number of nitrogens with zero attached hydrogens (tertiary/aromatic N) is 2. The van der Waals surface area contributed by atoms with Gasteiger partial charge in [-0.2, -0.15) is 0 Å². The molecule has 1 atom stereocenters. The van der Waals surface area contributed by atoms with Gasteiger partial charge in [0.25, 0.3) is 11.8 Å². The monoisotopic (exact) mass is 436 g/mol. The molecule has 2 aliphatic rings. The van der Waals surface area contributed by atoms with Crippen LogP contribution < -0.4 is 15.5 Å². The maximum Gasteiger partial charge on any atom is 0.355 e. The Bertz CT molecular complexity index is 1070. The molecule has 2 aromatic rings. The summed E-state index contributed by atoms with van der Waals surface area (Å²) in [6.07, 6.45) is -0.0215. The maximum atomic E-state index is 13.1. The molecule has 0 aromatic heterocycles. The Labute approximate surface area is 183 Å². The number of hydrogen-bond donors (Lipinski definition) is 2. The van der Waals surface area contributed by atoms with E-state index < -0.39 is 29.9 Å². The van der Waals surface area contributed by atoms with E-state index in [1.165, 1.54) is 4.90 Å².